The fourth-order valence-electron chi connectivity index (χ4n) is 4.30. The van der Waals surface area contributed by atoms with E-state index in [4.69, 9.17) is 9.47 Å². The largest absolute Gasteiger partial charge is 0.491 e. The lowest BCUT2D eigenvalue weighted by Gasteiger charge is -2.34. The average molecular weight is 466 g/mol. The van der Waals surface area contributed by atoms with E-state index in [0.29, 0.717) is 44.2 Å². The lowest BCUT2D eigenvalue weighted by molar-refractivity contribution is -0.140. The van der Waals surface area contributed by atoms with Crippen molar-refractivity contribution in [3.63, 3.8) is 0 Å². The predicted molar refractivity (Wildman–Crippen MR) is 127 cm³/mol. The maximum absolute atomic E-state index is 13.5. The van der Waals surface area contributed by atoms with Gasteiger partial charge in [-0.15, -0.1) is 0 Å². The molecule has 34 heavy (non-hydrogen) atoms. The lowest BCUT2D eigenvalue weighted by Crippen LogP contribution is -2.52. The summed E-state index contributed by atoms with van der Waals surface area (Å²) in [7, 11) is 1.64. The molecule has 2 atom stereocenters. The highest BCUT2D eigenvalue weighted by atomic mass is 16.5. The summed E-state index contributed by atoms with van der Waals surface area (Å²) in [6, 6.07) is 14.0. The van der Waals surface area contributed by atoms with Crippen LogP contribution in [0.1, 0.15) is 30.1 Å². The van der Waals surface area contributed by atoms with Crippen LogP contribution in [0.5, 0.6) is 5.75 Å². The first kappa shape index (κ1) is 23.8. The molecule has 2 aliphatic rings. The molecule has 2 aromatic rings. The Labute approximate surface area is 199 Å². The Morgan fingerprint density at radius 2 is 1.68 bits per heavy atom. The first-order chi connectivity index (χ1) is 16.4. The molecule has 4 bridgehead atoms. The van der Waals surface area contributed by atoms with Crippen molar-refractivity contribution in [2.45, 2.75) is 31.8 Å². The van der Waals surface area contributed by atoms with E-state index >= 15 is 0 Å². The van der Waals surface area contributed by atoms with Crippen molar-refractivity contribution in [2.24, 2.45) is 0 Å². The SMILES string of the molecule is C[C@H]1COc2cccc(c2)-c2cccc(c2)C(=O)N(C)[C@H](C(=O)N2CCOCC2)CCC(=O)N1. The summed E-state index contributed by atoms with van der Waals surface area (Å²) in [6.07, 6.45) is 0.356. The van der Waals surface area contributed by atoms with E-state index in [1.54, 1.807) is 18.0 Å². The van der Waals surface area contributed by atoms with Crippen molar-refractivity contribution in [2.75, 3.05) is 40.0 Å². The molecule has 1 fully saturated rings. The smallest absolute Gasteiger partial charge is 0.254 e. The summed E-state index contributed by atoms with van der Waals surface area (Å²) in [5.41, 5.74) is 2.28. The molecule has 3 amide bonds. The molecule has 0 aromatic heterocycles. The van der Waals surface area contributed by atoms with Gasteiger partial charge in [0, 0.05) is 32.1 Å². The monoisotopic (exact) mass is 465 g/mol. The van der Waals surface area contributed by atoms with Gasteiger partial charge in [-0.25, -0.2) is 0 Å². The van der Waals surface area contributed by atoms with Crippen LogP contribution in [-0.4, -0.2) is 79.6 Å². The number of morpholine rings is 1. The second-order valence-corrected chi connectivity index (χ2v) is 8.80. The van der Waals surface area contributed by atoms with Crippen molar-refractivity contribution >= 4 is 17.7 Å². The van der Waals surface area contributed by atoms with Crippen LogP contribution in [-0.2, 0) is 14.3 Å². The maximum atomic E-state index is 13.5. The van der Waals surface area contributed by atoms with Crippen molar-refractivity contribution in [3.8, 4) is 16.9 Å². The standard InChI is InChI=1S/C26H31N3O5/c1-18-17-34-22-8-4-6-20(16-22)19-5-3-7-21(15-19)25(31)28(2)23(9-10-24(30)27-18)26(32)29-11-13-33-14-12-29/h3-8,15-16,18,23H,9-14,17H2,1-2H3,(H,27,30)/t18-,23-/m0/s1. The van der Waals surface area contributed by atoms with Crippen molar-refractivity contribution in [3.05, 3.63) is 54.1 Å². The molecule has 0 radical (unpaired) electrons. The minimum Gasteiger partial charge on any atom is -0.491 e. The minimum atomic E-state index is -0.747. The molecule has 1 N–H and O–H groups in total. The van der Waals surface area contributed by atoms with Crippen LogP contribution >= 0.6 is 0 Å². The minimum absolute atomic E-state index is 0.123. The fourth-order valence-corrected chi connectivity index (χ4v) is 4.30. The van der Waals surface area contributed by atoms with Gasteiger partial charge < -0.3 is 24.6 Å². The van der Waals surface area contributed by atoms with Crippen LogP contribution in [0, 0.1) is 0 Å². The lowest BCUT2D eigenvalue weighted by atomic mass is 10.0. The summed E-state index contributed by atoms with van der Waals surface area (Å²) in [5, 5.41) is 2.93. The Balaban J connectivity index is 1.68. The number of likely N-dealkylation sites (N-methyl/N-ethyl adjacent to an activating group) is 1. The number of benzene rings is 2. The van der Waals surface area contributed by atoms with Gasteiger partial charge in [-0.2, -0.15) is 0 Å². The Morgan fingerprint density at radius 1 is 1.00 bits per heavy atom. The van der Waals surface area contributed by atoms with E-state index in [9.17, 15) is 14.4 Å². The number of carbonyl (C=O) groups is 3. The molecule has 0 spiro atoms. The van der Waals surface area contributed by atoms with E-state index in [-0.39, 0.29) is 36.6 Å². The fraction of sp³-hybridized carbons (Fsp3) is 0.423. The van der Waals surface area contributed by atoms with Gasteiger partial charge in [-0.1, -0.05) is 24.3 Å². The van der Waals surface area contributed by atoms with Gasteiger partial charge in [-0.05, 0) is 48.7 Å². The van der Waals surface area contributed by atoms with Crippen molar-refractivity contribution in [1.82, 2.24) is 15.1 Å². The zero-order chi connectivity index (χ0) is 24.1. The van der Waals surface area contributed by atoms with Crippen LogP contribution in [0.25, 0.3) is 11.1 Å². The Hall–Kier alpha value is -3.39. The summed E-state index contributed by atoms with van der Waals surface area (Å²) in [6.45, 7) is 4.09. The summed E-state index contributed by atoms with van der Waals surface area (Å²) < 4.78 is 11.3. The van der Waals surface area contributed by atoms with Crippen LogP contribution in [0.4, 0.5) is 0 Å². The number of ether oxygens (including phenoxy) is 2. The molecule has 0 aliphatic carbocycles. The Kier molecular flexibility index (Phi) is 7.47. The van der Waals surface area contributed by atoms with E-state index < -0.39 is 6.04 Å². The van der Waals surface area contributed by atoms with Crippen LogP contribution in [0.15, 0.2) is 48.5 Å². The number of amides is 3. The highest BCUT2D eigenvalue weighted by Crippen LogP contribution is 2.26. The van der Waals surface area contributed by atoms with E-state index in [0.717, 1.165) is 11.1 Å². The van der Waals surface area contributed by atoms with E-state index in [2.05, 4.69) is 5.32 Å². The number of carbonyl (C=O) groups excluding carboxylic acids is 3. The van der Waals surface area contributed by atoms with Gasteiger partial charge in [0.1, 0.15) is 18.4 Å². The zero-order valence-corrected chi connectivity index (χ0v) is 19.7. The molecule has 8 nitrogen and oxygen atoms in total. The van der Waals surface area contributed by atoms with Gasteiger partial charge in [0.25, 0.3) is 5.91 Å². The quantitative estimate of drug-likeness (QED) is 0.699. The third kappa shape index (κ3) is 5.56. The first-order valence-electron chi connectivity index (χ1n) is 11.7. The summed E-state index contributed by atoms with van der Waals surface area (Å²) in [4.78, 5) is 42.7. The molecule has 2 aromatic carbocycles. The predicted octanol–water partition coefficient (Wildman–Crippen LogP) is 2.33. The number of rotatable bonds is 1. The topological polar surface area (TPSA) is 88.2 Å². The van der Waals surface area contributed by atoms with E-state index in [1.807, 2.05) is 49.4 Å². The highest BCUT2D eigenvalue weighted by Gasteiger charge is 2.32. The van der Waals surface area contributed by atoms with Crippen LogP contribution in [0.3, 0.4) is 0 Å². The van der Waals surface area contributed by atoms with Gasteiger partial charge in [-0.3, -0.25) is 14.4 Å². The Bertz CT molecular complexity index is 1050. The van der Waals surface area contributed by atoms with Gasteiger partial charge >= 0.3 is 0 Å². The molecule has 4 rings (SSSR count). The Morgan fingerprint density at radius 3 is 2.44 bits per heavy atom. The number of nitrogens with zero attached hydrogens (tertiary/aromatic N) is 2. The molecule has 0 saturated carbocycles. The van der Waals surface area contributed by atoms with E-state index in [1.165, 1.54) is 4.90 Å². The zero-order valence-electron chi connectivity index (χ0n) is 19.7. The number of hydrogen-bond acceptors (Lipinski definition) is 5. The third-order valence-electron chi connectivity index (χ3n) is 6.22. The maximum Gasteiger partial charge on any atom is 0.254 e. The molecular weight excluding hydrogens is 434 g/mol. The molecule has 2 aliphatic heterocycles. The number of nitrogens with one attached hydrogen (secondary N) is 1. The molecule has 180 valence electrons. The second-order valence-electron chi connectivity index (χ2n) is 8.80. The number of fused-ring (bicyclic) bond motifs is 5. The van der Waals surface area contributed by atoms with Gasteiger partial charge in [0.05, 0.1) is 19.3 Å². The summed E-state index contributed by atoms with van der Waals surface area (Å²) >= 11 is 0. The molecule has 1 saturated heterocycles. The summed E-state index contributed by atoms with van der Waals surface area (Å²) in [5.74, 6) is 0.0883. The van der Waals surface area contributed by atoms with Gasteiger partial charge in [0.15, 0.2) is 0 Å². The van der Waals surface area contributed by atoms with Crippen molar-refractivity contribution < 1.29 is 23.9 Å². The molecular formula is C26H31N3O5. The van der Waals surface area contributed by atoms with Gasteiger partial charge in [0.2, 0.25) is 11.8 Å². The average Bonchev–Trinajstić information content (AvgIpc) is 2.87. The molecule has 2 heterocycles. The number of hydrogen-bond donors (Lipinski definition) is 1. The first-order valence-corrected chi connectivity index (χ1v) is 11.7. The second kappa shape index (κ2) is 10.7. The molecule has 8 heteroatoms. The normalized spacial score (nSPS) is 22.1. The van der Waals surface area contributed by atoms with Crippen molar-refractivity contribution in [1.29, 1.82) is 0 Å². The third-order valence-corrected chi connectivity index (χ3v) is 6.22. The highest BCUT2D eigenvalue weighted by molar-refractivity contribution is 5.98. The molecule has 0 unspecified atom stereocenters. The van der Waals surface area contributed by atoms with Crippen LogP contribution < -0.4 is 10.1 Å². The van der Waals surface area contributed by atoms with Crippen LogP contribution in [0.2, 0.25) is 0 Å².